The Balaban J connectivity index is 2.89. The predicted octanol–water partition coefficient (Wildman–Crippen LogP) is 2.73. The molecule has 0 saturated heterocycles. The van der Waals surface area contributed by atoms with Gasteiger partial charge < -0.3 is 5.73 Å². The van der Waals surface area contributed by atoms with Gasteiger partial charge in [-0.1, -0.05) is 17.0 Å². The molecule has 0 amide bonds. The van der Waals surface area contributed by atoms with E-state index in [1.165, 1.54) is 0 Å². The van der Waals surface area contributed by atoms with Gasteiger partial charge in [0.15, 0.2) is 0 Å². The van der Waals surface area contributed by atoms with E-state index in [1.54, 1.807) is 0 Å². The van der Waals surface area contributed by atoms with Crippen LogP contribution < -0.4 is 5.73 Å². The van der Waals surface area contributed by atoms with Crippen LogP contribution in [0.15, 0.2) is 17.4 Å². The van der Waals surface area contributed by atoms with Crippen LogP contribution in [0.25, 0.3) is 10.4 Å². The van der Waals surface area contributed by atoms with Crippen LogP contribution in [0.5, 0.6) is 0 Å². The molecule has 1 heterocycles. The summed E-state index contributed by atoms with van der Waals surface area (Å²) in [6, 6.07) is 0.836. The molecule has 5 nitrogen and oxygen atoms in total. The van der Waals surface area contributed by atoms with Crippen LogP contribution in [0.2, 0.25) is 0 Å². The topological polar surface area (TPSA) is 87.7 Å². The summed E-state index contributed by atoms with van der Waals surface area (Å²) >= 11 is 0. The molecule has 94 valence electrons. The maximum Gasteiger partial charge on any atom is 0.419 e. The van der Waals surface area contributed by atoms with Crippen molar-refractivity contribution in [1.82, 2.24) is 4.98 Å². The lowest BCUT2D eigenvalue weighted by atomic mass is 10.2. The SMILES string of the molecule is [N-]=[N+]=NCCC#Cc1cnc(N)c(C(F)(F)F)c1. The molecule has 0 aromatic carbocycles. The van der Waals surface area contributed by atoms with Crippen molar-refractivity contribution in [3.8, 4) is 11.8 Å². The van der Waals surface area contributed by atoms with E-state index in [4.69, 9.17) is 11.3 Å². The summed E-state index contributed by atoms with van der Waals surface area (Å²) in [5.41, 5.74) is 12.2. The van der Waals surface area contributed by atoms with Gasteiger partial charge in [-0.05, 0) is 11.6 Å². The van der Waals surface area contributed by atoms with Gasteiger partial charge in [0.1, 0.15) is 5.82 Å². The smallest absolute Gasteiger partial charge is 0.383 e. The van der Waals surface area contributed by atoms with Gasteiger partial charge in [-0.25, -0.2) is 4.98 Å². The second kappa shape index (κ2) is 5.80. The zero-order chi connectivity index (χ0) is 13.6. The molecule has 1 aromatic heterocycles. The summed E-state index contributed by atoms with van der Waals surface area (Å²) < 4.78 is 37.5. The van der Waals surface area contributed by atoms with Gasteiger partial charge in [-0.3, -0.25) is 0 Å². The average Bonchev–Trinajstić information content (AvgIpc) is 2.29. The number of halogens is 3. The quantitative estimate of drug-likeness (QED) is 0.289. The summed E-state index contributed by atoms with van der Waals surface area (Å²) in [5.74, 6) is 4.48. The lowest BCUT2D eigenvalue weighted by Crippen LogP contribution is -2.10. The number of aromatic nitrogens is 1. The molecule has 0 aliphatic heterocycles. The summed E-state index contributed by atoms with van der Waals surface area (Å²) in [6.07, 6.45) is -3.14. The van der Waals surface area contributed by atoms with Crippen molar-refractivity contribution >= 4 is 5.82 Å². The van der Waals surface area contributed by atoms with E-state index in [0.29, 0.717) is 0 Å². The number of rotatable bonds is 2. The molecule has 0 bridgehead atoms. The highest BCUT2D eigenvalue weighted by Crippen LogP contribution is 2.32. The van der Waals surface area contributed by atoms with Crippen molar-refractivity contribution in [2.45, 2.75) is 12.6 Å². The third-order valence-electron chi connectivity index (χ3n) is 1.86. The summed E-state index contributed by atoms with van der Waals surface area (Å²) in [6.45, 7) is 0.165. The minimum absolute atomic E-state index is 0.109. The largest absolute Gasteiger partial charge is 0.419 e. The number of anilines is 1. The third-order valence-corrected chi connectivity index (χ3v) is 1.86. The van der Waals surface area contributed by atoms with E-state index >= 15 is 0 Å². The Bertz CT molecular complexity index is 535. The first kappa shape index (κ1) is 13.7. The number of nitrogens with two attached hydrogens (primary N) is 1. The number of hydrogen-bond acceptors (Lipinski definition) is 3. The molecule has 0 fully saturated rings. The molecule has 0 aliphatic rings. The van der Waals surface area contributed by atoms with E-state index in [2.05, 4.69) is 26.9 Å². The molecular formula is C10H8F3N5. The number of alkyl halides is 3. The normalized spacial score (nSPS) is 10.2. The van der Waals surface area contributed by atoms with E-state index in [1.807, 2.05) is 0 Å². The molecule has 2 N–H and O–H groups in total. The fourth-order valence-corrected chi connectivity index (χ4v) is 1.09. The molecule has 18 heavy (non-hydrogen) atoms. The van der Waals surface area contributed by atoms with Crippen molar-refractivity contribution < 1.29 is 13.2 Å². The van der Waals surface area contributed by atoms with Gasteiger partial charge in [-0.15, -0.1) is 0 Å². The Labute approximate surface area is 100 Å². The van der Waals surface area contributed by atoms with Crippen LogP contribution in [0.4, 0.5) is 19.0 Å². The van der Waals surface area contributed by atoms with Gasteiger partial charge in [0, 0.05) is 29.6 Å². The number of nitrogens with zero attached hydrogens (tertiary/aromatic N) is 4. The maximum atomic E-state index is 12.5. The highest BCUT2D eigenvalue weighted by atomic mass is 19.4. The lowest BCUT2D eigenvalue weighted by Gasteiger charge is -2.08. The van der Waals surface area contributed by atoms with Crippen LogP contribution in [0.1, 0.15) is 17.5 Å². The van der Waals surface area contributed by atoms with Gasteiger partial charge >= 0.3 is 6.18 Å². The van der Waals surface area contributed by atoms with Gasteiger partial charge in [0.2, 0.25) is 0 Å². The van der Waals surface area contributed by atoms with Crippen LogP contribution in [0, 0.1) is 11.8 Å². The standard InChI is InChI=1S/C10H8F3N5/c11-10(12,13)8-5-7(6-16-9(8)14)3-1-2-4-17-18-15/h5-6H,2,4H2,(H2,14,16). The molecular weight excluding hydrogens is 247 g/mol. The summed E-state index contributed by atoms with van der Waals surface area (Å²) in [7, 11) is 0. The third kappa shape index (κ3) is 3.88. The van der Waals surface area contributed by atoms with Crippen molar-refractivity contribution in [2.24, 2.45) is 5.11 Å². The predicted molar refractivity (Wildman–Crippen MR) is 59.2 cm³/mol. The highest BCUT2D eigenvalue weighted by molar-refractivity contribution is 5.47. The van der Waals surface area contributed by atoms with Crippen LogP contribution in [0.3, 0.4) is 0 Å². The van der Waals surface area contributed by atoms with E-state index in [-0.39, 0.29) is 18.5 Å². The molecule has 0 atom stereocenters. The van der Waals surface area contributed by atoms with Gasteiger partial charge in [0.05, 0.1) is 5.56 Å². The Morgan fingerprint density at radius 1 is 1.50 bits per heavy atom. The minimum atomic E-state index is -4.56. The molecule has 0 saturated carbocycles. The number of azide groups is 1. The van der Waals surface area contributed by atoms with Crippen molar-refractivity contribution in [3.63, 3.8) is 0 Å². The second-order valence-corrected chi connectivity index (χ2v) is 3.16. The molecule has 0 spiro atoms. The van der Waals surface area contributed by atoms with E-state index in [0.717, 1.165) is 12.3 Å². The zero-order valence-corrected chi connectivity index (χ0v) is 9.07. The van der Waals surface area contributed by atoms with E-state index < -0.39 is 17.6 Å². The minimum Gasteiger partial charge on any atom is -0.383 e. The number of pyridine rings is 1. The van der Waals surface area contributed by atoms with Crippen LogP contribution in [-0.2, 0) is 6.18 Å². The monoisotopic (exact) mass is 255 g/mol. The molecule has 0 aliphatic carbocycles. The average molecular weight is 255 g/mol. The van der Waals surface area contributed by atoms with Crippen LogP contribution >= 0.6 is 0 Å². The van der Waals surface area contributed by atoms with Crippen molar-refractivity contribution in [1.29, 1.82) is 0 Å². The first-order valence-electron chi connectivity index (χ1n) is 4.77. The second-order valence-electron chi connectivity index (χ2n) is 3.16. The maximum absolute atomic E-state index is 12.5. The van der Waals surface area contributed by atoms with Crippen LogP contribution in [-0.4, -0.2) is 11.5 Å². The van der Waals surface area contributed by atoms with E-state index in [9.17, 15) is 13.2 Å². The highest BCUT2D eigenvalue weighted by Gasteiger charge is 2.33. The van der Waals surface area contributed by atoms with Crippen molar-refractivity contribution in [3.05, 3.63) is 33.8 Å². The first-order chi connectivity index (χ1) is 8.45. The summed E-state index contributed by atoms with van der Waals surface area (Å²) in [5, 5.41) is 3.24. The molecule has 0 unspecified atom stereocenters. The Morgan fingerprint density at radius 3 is 2.83 bits per heavy atom. The molecule has 1 rings (SSSR count). The molecule has 0 radical (unpaired) electrons. The number of nitrogen functional groups attached to an aromatic ring is 1. The van der Waals surface area contributed by atoms with Gasteiger partial charge in [-0.2, -0.15) is 13.2 Å². The Hall–Kier alpha value is -2.39. The fourth-order valence-electron chi connectivity index (χ4n) is 1.09. The lowest BCUT2D eigenvalue weighted by molar-refractivity contribution is -0.137. The Kier molecular flexibility index (Phi) is 4.40. The Morgan fingerprint density at radius 2 is 2.22 bits per heavy atom. The molecule has 8 heteroatoms. The fraction of sp³-hybridized carbons (Fsp3) is 0.300. The van der Waals surface area contributed by atoms with Gasteiger partial charge in [0.25, 0.3) is 0 Å². The first-order valence-corrected chi connectivity index (χ1v) is 4.77. The molecule has 1 aromatic rings. The zero-order valence-electron chi connectivity index (χ0n) is 9.07. The summed E-state index contributed by atoms with van der Waals surface area (Å²) in [4.78, 5) is 5.95. The number of hydrogen-bond donors (Lipinski definition) is 1. The van der Waals surface area contributed by atoms with Crippen molar-refractivity contribution in [2.75, 3.05) is 12.3 Å².